The fraction of sp³-hybridized carbons (Fsp3) is 0.158. The summed E-state index contributed by atoms with van der Waals surface area (Å²) >= 11 is 6.78. The summed E-state index contributed by atoms with van der Waals surface area (Å²) in [4.78, 5) is 28.8. The van der Waals surface area contributed by atoms with Crippen molar-refractivity contribution < 1.29 is 22.8 Å². The third-order valence-corrected chi connectivity index (χ3v) is 5.99. The van der Waals surface area contributed by atoms with Crippen LogP contribution in [0.15, 0.2) is 35.1 Å². The van der Waals surface area contributed by atoms with Crippen LogP contribution in [0.4, 0.5) is 14.5 Å². The molecule has 0 aromatic carbocycles. The molecule has 4 aromatic rings. The SMILES string of the molecule is Cc1c(Cl)cnn1CC(=O)Nc1c(C(N)=O)sc2nc(C(F)F)cc(-c3ccco3)c12. The maximum Gasteiger partial charge on any atom is 0.280 e. The number of pyridine rings is 1. The molecule has 0 bridgehead atoms. The maximum absolute atomic E-state index is 13.4. The molecule has 8 nitrogen and oxygen atoms in total. The Hall–Kier alpha value is -3.31. The molecule has 0 saturated heterocycles. The molecule has 0 aliphatic heterocycles. The summed E-state index contributed by atoms with van der Waals surface area (Å²) in [7, 11) is 0. The first-order valence-electron chi connectivity index (χ1n) is 8.83. The van der Waals surface area contributed by atoms with Gasteiger partial charge < -0.3 is 15.5 Å². The molecule has 12 heteroatoms. The van der Waals surface area contributed by atoms with Crippen molar-refractivity contribution in [2.75, 3.05) is 5.32 Å². The Balaban J connectivity index is 1.85. The van der Waals surface area contributed by atoms with Gasteiger partial charge in [0, 0.05) is 10.9 Å². The number of anilines is 1. The zero-order chi connectivity index (χ0) is 22.3. The Morgan fingerprint density at radius 3 is 2.77 bits per heavy atom. The topological polar surface area (TPSA) is 116 Å². The van der Waals surface area contributed by atoms with Crippen LogP contribution in [0.3, 0.4) is 0 Å². The molecule has 160 valence electrons. The van der Waals surface area contributed by atoms with E-state index in [1.807, 2.05) is 0 Å². The molecule has 0 radical (unpaired) electrons. The molecule has 0 unspecified atom stereocenters. The second-order valence-electron chi connectivity index (χ2n) is 6.51. The quantitative estimate of drug-likeness (QED) is 0.438. The van der Waals surface area contributed by atoms with E-state index >= 15 is 0 Å². The second kappa shape index (κ2) is 8.08. The van der Waals surface area contributed by atoms with Crippen LogP contribution in [0.2, 0.25) is 5.02 Å². The number of carbonyl (C=O) groups is 2. The predicted molar refractivity (Wildman–Crippen MR) is 111 cm³/mol. The van der Waals surface area contributed by atoms with E-state index in [1.54, 1.807) is 19.1 Å². The second-order valence-corrected chi connectivity index (χ2v) is 7.91. The summed E-state index contributed by atoms with van der Waals surface area (Å²) in [5.41, 5.74) is 5.91. The highest BCUT2D eigenvalue weighted by Gasteiger charge is 2.26. The van der Waals surface area contributed by atoms with Crippen molar-refractivity contribution in [3.8, 4) is 11.3 Å². The third-order valence-electron chi connectivity index (χ3n) is 4.52. The van der Waals surface area contributed by atoms with Crippen LogP contribution in [0.1, 0.15) is 27.5 Å². The number of nitrogens with zero attached hydrogens (tertiary/aromatic N) is 3. The summed E-state index contributed by atoms with van der Waals surface area (Å²) < 4.78 is 33.6. The number of aromatic nitrogens is 3. The van der Waals surface area contributed by atoms with Crippen LogP contribution in [-0.4, -0.2) is 26.6 Å². The van der Waals surface area contributed by atoms with E-state index in [-0.39, 0.29) is 38.6 Å². The van der Waals surface area contributed by atoms with Gasteiger partial charge in [0.1, 0.15) is 27.7 Å². The normalized spacial score (nSPS) is 11.4. The number of halogens is 3. The number of fused-ring (bicyclic) bond motifs is 1. The van der Waals surface area contributed by atoms with Gasteiger partial charge in [-0.25, -0.2) is 13.8 Å². The Labute approximate surface area is 182 Å². The van der Waals surface area contributed by atoms with Gasteiger partial charge in [0.25, 0.3) is 12.3 Å². The number of hydrogen-bond donors (Lipinski definition) is 2. The largest absolute Gasteiger partial charge is 0.464 e. The summed E-state index contributed by atoms with van der Waals surface area (Å²) in [6, 6.07) is 4.33. The minimum atomic E-state index is -2.84. The number of carbonyl (C=O) groups excluding carboxylic acids is 2. The van der Waals surface area contributed by atoms with Crippen LogP contribution in [0, 0.1) is 6.92 Å². The van der Waals surface area contributed by atoms with Gasteiger partial charge >= 0.3 is 0 Å². The molecule has 0 aliphatic carbocycles. The van der Waals surface area contributed by atoms with E-state index in [2.05, 4.69) is 15.4 Å². The van der Waals surface area contributed by atoms with Crippen LogP contribution in [0.5, 0.6) is 0 Å². The number of amides is 2. The van der Waals surface area contributed by atoms with Crippen molar-refractivity contribution in [3.05, 3.63) is 51.9 Å². The van der Waals surface area contributed by atoms with E-state index in [0.29, 0.717) is 10.7 Å². The van der Waals surface area contributed by atoms with Gasteiger partial charge in [-0.3, -0.25) is 14.3 Å². The van der Waals surface area contributed by atoms with Crippen LogP contribution >= 0.6 is 22.9 Å². The number of hydrogen-bond acceptors (Lipinski definition) is 6. The summed E-state index contributed by atoms with van der Waals surface area (Å²) in [5, 5.41) is 7.34. The molecule has 4 aromatic heterocycles. The maximum atomic E-state index is 13.4. The number of alkyl halides is 2. The van der Waals surface area contributed by atoms with Gasteiger partial charge in [0.05, 0.1) is 28.9 Å². The molecular formula is C19H14ClF2N5O3S. The number of rotatable bonds is 6. The molecule has 0 saturated carbocycles. The van der Waals surface area contributed by atoms with Crippen molar-refractivity contribution in [1.29, 1.82) is 0 Å². The Bertz CT molecular complexity index is 1300. The zero-order valence-electron chi connectivity index (χ0n) is 15.9. The van der Waals surface area contributed by atoms with Crippen molar-refractivity contribution >= 4 is 50.7 Å². The predicted octanol–water partition coefficient (Wildman–Crippen LogP) is 4.39. The van der Waals surface area contributed by atoms with Crippen LogP contribution in [0.25, 0.3) is 21.5 Å². The van der Waals surface area contributed by atoms with Gasteiger partial charge in [0.15, 0.2) is 0 Å². The van der Waals surface area contributed by atoms with Gasteiger partial charge in [-0.2, -0.15) is 5.10 Å². The number of furan rings is 1. The third kappa shape index (κ3) is 3.89. The van der Waals surface area contributed by atoms with E-state index in [9.17, 15) is 18.4 Å². The number of thiophene rings is 1. The molecular weight excluding hydrogens is 452 g/mol. The molecule has 31 heavy (non-hydrogen) atoms. The van der Waals surface area contributed by atoms with E-state index in [1.165, 1.54) is 17.1 Å². The van der Waals surface area contributed by atoms with Gasteiger partial charge in [-0.05, 0) is 25.1 Å². The first-order chi connectivity index (χ1) is 14.8. The fourth-order valence-electron chi connectivity index (χ4n) is 3.05. The monoisotopic (exact) mass is 465 g/mol. The van der Waals surface area contributed by atoms with Crippen molar-refractivity contribution in [1.82, 2.24) is 14.8 Å². The van der Waals surface area contributed by atoms with E-state index in [4.69, 9.17) is 21.8 Å². The molecule has 4 heterocycles. The van der Waals surface area contributed by atoms with Crippen LogP contribution < -0.4 is 11.1 Å². The van der Waals surface area contributed by atoms with Crippen molar-refractivity contribution in [2.45, 2.75) is 19.9 Å². The van der Waals surface area contributed by atoms with Crippen LogP contribution in [-0.2, 0) is 11.3 Å². The average Bonchev–Trinajstić information content (AvgIpc) is 3.44. The molecule has 0 spiro atoms. The summed E-state index contributed by atoms with van der Waals surface area (Å²) in [6.45, 7) is 1.51. The van der Waals surface area contributed by atoms with Crippen molar-refractivity contribution in [2.24, 2.45) is 5.73 Å². The van der Waals surface area contributed by atoms with Crippen molar-refractivity contribution in [3.63, 3.8) is 0 Å². The Kier molecular flexibility index (Phi) is 5.46. The minimum Gasteiger partial charge on any atom is -0.464 e. The van der Waals surface area contributed by atoms with Gasteiger partial charge in [-0.1, -0.05) is 11.6 Å². The highest BCUT2D eigenvalue weighted by atomic mass is 35.5. The summed E-state index contributed by atoms with van der Waals surface area (Å²) in [5.74, 6) is -1.08. The molecule has 0 fully saturated rings. The standard InChI is InChI=1S/C19H14ClF2N5O3S/c1-8-10(20)6-24-27(8)7-13(28)26-15-14-9(12-3-2-4-30-12)5-11(17(21)22)25-19(14)31-16(15)18(23)29/h2-6,17H,7H2,1H3,(H2,23,29)(H,26,28). The first-order valence-corrected chi connectivity index (χ1v) is 10.0. The Morgan fingerprint density at radius 1 is 1.42 bits per heavy atom. The Morgan fingerprint density at radius 2 is 2.19 bits per heavy atom. The smallest absolute Gasteiger partial charge is 0.280 e. The lowest BCUT2D eigenvalue weighted by atomic mass is 10.1. The lowest BCUT2D eigenvalue weighted by Crippen LogP contribution is -2.22. The summed E-state index contributed by atoms with van der Waals surface area (Å²) in [6.07, 6.45) is -0.0556. The molecule has 3 N–H and O–H groups in total. The highest BCUT2D eigenvalue weighted by Crippen LogP contribution is 2.42. The minimum absolute atomic E-state index is 0.0229. The molecule has 0 atom stereocenters. The molecule has 4 rings (SSSR count). The lowest BCUT2D eigenvalue weighted by molar-refractivity contribution is -0.116. The fourth-order valence-corrected chi connectivity index (χ4v) is 4.20. The van der Waals surface area contributed by atoms with Gasteiger partial charge in [-0.15, -0.1) is 11.3 Å². The first kappa shape index (κ1) is 20.9. The number of nitrogens with two attached hydrogens (primary N) is 1. The highest BCUT2D eigenvalue weighted by molar-refractivity contribution is 7.21. The van der Waals surface area contributed by atoms with E-state index < -0.39 is 23.9 Å². The number of nitrogens with one attached hydrogen (secondary N) is 1. The van der Waals surface area contributed by atoms with E-state index in [0.717, 1.165) is 17.4 Å². The van der Waals surface area contributed by atoms with Gasteiger partial charge in [0.2, 0.25) is 5.91 Å². The number of primary amides is 1. The molecule has 2 amide bonds. The zero-order valence-corrected chi connectivity index (χ0v) is 17.4. The lowest BCUT2D eigenvalue weighted by Gasteiger charge is -2.10. The average molecular weight is 466 g/mol. The molecule has 0 aliphatic rings.